The van der Waals surface area contributed by atoms with Crippen LogP contribution in [0.4, 0.5) is 5.69 Å². The van der Waals surface area contributed by atoms with Crippen LogP contribution in [0.15, 0.2) is 66.4 Å². The molecule has 0 aliphatic heterocycles. The summed E-state index contributed by atoms with van der Waals surface area (Å²) in [5, 5.41) is 11.5. The molecule has 0 radical (unpaired) electrons. The number of hydrogen-bond acceptors (Lipinski definition) is 2. The molecule has 1 amide bonds. The van der Waals surface area contributed by atoms with E-state index in [1.54, 1.807) is 0 Å². The van der Waals surface area contributed by atoms with Gasteiger partial charge in [0.2, 0.25) is 0 Å². The van der Waals surface area contributed by atoms with E-state index in [-0.39, 0.29) is 28.2 Å². The van der Waals surface area contributed by atoms with Crippen LogP contribution in [0.3, 0.4) is 0 Å². The van der Waals surface area contributed by atoms with Gasteiger partial charge in [0, 0.05) is 28.3 Å². The number of hydrogen-bond donors (Lipinski definition) is 2. The molecule has 0 aromatic heterocycles. The SMILES string of the molecule is C/C(O)=C/C(=O)Nc1ccccc1C.CP(C)C.[CH2-]c1ccccc1.[Ni]. The first-order valence-corrected chi connectivity index (χ1v) is 10.6. The van der Waals surface area contributed by atoms with Gasteiger partial charge in [0.25, 0.3) is 5.91 Å². The first-order chi connectivity index (χ1) is 11.7. The van der Waals surface area contributed by atoms with Crippen molar-refractivity contribution in [2.24, 2.45) is 0 Å². The maximum absolute atomic E-state index is 11.2. The van der Waals surface area contributed by atoms with Crippen LogP contribution in [0.5, 0.6) is 0 Å². The number of amides is 1. The summed E-state index contributed by atoms with van der Waals surface area (Å²) in [6.07, 6.45) is 1.15. The number of para-hydroxylation sites is 1. The van der Waals surface area contributed by atoms with Gasteiger partial charge >= 0.3 is 0 Å². The number of aryl methyl sites for hydroxylation is 1. The smallest absolute Gasteiger partial charge is 0.251 e. The fraction of sp³-hybridized carbons (Fsp3) is 0.238. The minimum absolute atomic E-state index is 0. The molecule has 0 aliphatic rings. The number of carbonyl (C=O) groups excluding carboxylic acids is 1. The van der Waals surface area contributed by atoms with Crippen molar-refractivity contribution < 1.29 is 26.4 Å². The Morgan fingerprint density at radius 2 is 1.50 bits per heavy atom. The molecular formula is C21H29NNiO2P-. The second-order valence-corrected chi connectivity index (χ2v) is 8.60. The maximum Gasteiger partial charge on any atom is 0.251 e. The molecule has 0 fully saturated rings. The van der Waals surface area contributed by atoms with Crippen molar-refractivity contribution in [1.29, 1.82) is 0 Å². The average molecular weight is 417 g/mol. The molecule has 2 aromatic rings. The van der Waals surface area contributed by atoms with Gasteiger partial charge in [-0.3, -0.25) is 4.79 Å². The number of anilines is 1. The van der Waals surface area contributed by atoms with Crippen molar-refractivity contribution >= 4 is 19.5 Å². The normalized spacial score (nSPS) is 9.69. The van der Waals surface area contributed by atoms with Gasteiger partial charge in [0.15, 0.2) is 0 Å². The molecule has 0 unspecified atom stereocenters. The van der Waals surface area contributed by atoms with Crippen LogP contribution in [-0.2, 0) is 21.3 Å². The molecule has 26 heavy (non-hydrogen) atoms. The third-order valence-electron chi connectivity index (χ3n) is 2.59. The molecule has 0 saturated carbocycles. The van der Waals surface area contributed by atoms with Gasteiger partial charge in [-0.1, -0.05) is 24.3 Å². The maximum atomic E-state index is 11.2. The summed E-state index contributed by atoms with van der Waals surface area (Å²) in [6, 6.07) is 17.3. The summed E-state index contributed by atoms with van der Waals surface area (Å²) >= 11 is 0. The molecule has 2 aromatic carbocycles. The summed E-state index contributed by atoms with van der Waals surface area (Å²) in [6.45, 7) is 13.8. The Kier molecular flexibility index (Phi) is 15.8. The first kappa shape index (κ1) is 26.5. The van der Waals surface area contributed by atoms with E-state index in [0.29, 0.717) is 7.92 Å². The van der Waals surface area contributed by atoms with E-state index in [1.165, 1.54) is 6.92 Å². The molecule has 146 valence electrons. The van der Waals surface area contributed by atoms with Crippen LogP contribution in [0.25, 0.3) is 0 Å². The van der Waals surface area contributed by atoms with Crippen LogP contribution < -0.4 is 5.32 Å². The first-order valence-electron chi connectivity index (χ1n) is 7.94. The molecule has 0 bridgehead atoms. The number of nitrogens with one attached hydrogen (secondary N) is 1. The Balaban J connectivity index is 0. The minimum Gasteiger partial charge on any atom is -0.512 e. The van der Waals surface area contributed by atoms with Gasteiger partial charge in [-0.05, 0) is 45.5 Å². The van der Waals surface area contributed by atoms with Crippen LogP contribution in [0.1, 0.15) is 18.1 Å². The van der Waals surface area contributed by atoms with Crippen molar-refractivity contribution in [3.8, 4) is 0 Å². The molecule has 0 aliphatic carbocycles. The summed E-state index contributed by atoms with van der Waals surface area (Å²) in [5.41, 5.74) is 2.82. The molecule has 2 N–H and O–H groups in total. The third kappa shape index (κ3) is 15.8. The van der Waals surface area contributed by atoms with Crippen LogP contribution in [-0.4, -0.2) is 31.0 Å². The molecule has 0 saturated heterocycles. The van der Waals surface area contributed by atoms with E-state index in [9.17, 15) is 4.79 Å². The second-order valence-electron chi connectivity index (χ2n) is 5.92. The Bertz CT molecular complexity index is 651. The number of aliphatic hydroxyl groups excluding tert-OH is 1. The van der Waals surface area contributed by atoms with Gasteiger partial charge in [0.1, 0.15) is 0 Å². The van der Waals surface area contributed by atoms with Gasteiger partial charge < -0.3 is 10.4 Å². The predicted octanol–water partition coefficient (Wildman–Crippen LogP) is 5.62. The number of benzene rings is 2. The fourth-order valence-electron chi connectivity index (χ4n) is 1.55. The van der Waals surface area contributed by atoms with E-state index in [4.69, 9.17) is 5.11 Å². The second kappa shape index (κ2) is 15.5. The van der Waals surface area contributed by atoms with E-state index in [2.05, 4.69) is 32.2 Å². The van der Waals surface area contributed by atoms with E-state index in [0.717, 1.165) is 22.9 Å². The molecule has 3 nitrogen and oxygen atoms in total. The molecule has 2 rings (SSSR count). The Morgan fingerprint density at radius 1 is 1.04 bits per heavy atom. The van der Waals surface area contributed by atoms with Crippen LogP contribution in [0, 0.1) is 13.8 Å². The summed E-state index contributed by atoms with van der Waals surface area (Å²) in [4.78, 5) is 11.2. The Morgan fingerprint density at radius 3 is 1.88 bits per heavy atom. The number of rotatable bonds is 2. The summed E-state index contributed by atoms with van der Waals surface area (Å²) < 4.78 is 0. The number of allylic oxidation sites excluding steroid dienone is 1. The minimum atomic E-state index is -0.320. The van der Waals surface area contributed by atoms with Crippen molar-refractivity contribution in [3.05, 3.63) is 84.5 Å². The summed E-state index contributed by atoms with van der Waals surface area (Å²) in [5.74, 6) is -0.324. The third-order valence-corrected chi connectivity index (χ3v) is 2.59. The van der Waals surface area contributed by atoms with Gasteiger partial charge in [-0.2, -0.15) is 24.6 Å². The average Bonchev–Trinajstić information content (AvgIpc) is 2.50. The molecule has 0 heterocycles. The Hall–Kier alpha value is -1.76. The van der Waals surface area contributed by atoms with E-state index >= 15 is 0 Å². The number of carbonyl (C=O) groups is 1. The van der Waals surface area contributed by atoms with Crippen molar-refractivity contribution in [3.63, 3.8) is 0 Å². The zero-order chi connectivity index (χ0) is 19.2. The zero-order valence-electron chi connectivity index (χ0n) is 16.1. The number of aliphatic hydroxyl groups is 1. The zero-order valence-corrected chi connectivity index (χ0v) is 18.0. The van der Waals surface area contributed by atoms with Crippen molar-refractivity contribution in [2.75, 3.05) is 25.3 Å². The van der Waals surface area contributed by atoms with Gasteiger partial charge in [-0.15, -0.1) is 20.1 Å². The monoisotopic (exact) mass is 416 g/mol. The molecule has 0 atom stereocenters. The van der Waals surface area contributed by atoms with Crippen LogP contribution >= 0.6 is 7.92 Å². The topological polar surface area (TPSA) is 49.3 Å². The summed E-state index contributed by atoms with van der Waals surface area (Å²) in [7, 11) is 0.380. The quantitative estimate of drug-likeness (QED) is 0.219. The molecule has 0 spiro atoms. The largest absolute Gasteiger partial charge is 0.512 e. The van der Waals surface area contributed by atoms with Gasteiger partial charge in [0.05, 0.1) is 5.76 Å². The van der Waals surface area contributed by atoms with E-state index < -0.39 is 0 Å². The van der Waals surface area contributed by atoms with E-state index in [1.807, 2.05) is 61.5 Å². The Labute approximate surface area is 169 Å². The van der Waals surface area contributed by atoms with Crippen LogP contribution in [0.2, 0.25) is 0 Å². The predicted molar refractivity (Wildman–Crippen MR) is 112 cm³/mol. The molecule has 5 heteroatoms. The fourth-order valence-corrected chi connectivity index (χ4v) is 1.55. The van der Waals surface area contributed by atoms with Gasteiger partial charge in [-0.25, -0.2) is 0 Å². The van der Waals surface area contributed by atoms with Crippen molar-refractivity contribution in [2.45, 2.75) is 13.8 Å². The standard InChI is InChI=1S/C11H13NO2.C7H7.C3H9P.Ni/c1-8-5-3-4-6-10(8)12-11(14)7-9(2)13;1-7-5-3-2-4-6-7;1-4(2)3;/h3-7,13H,1-2H3,(H,12,14);2-6H,1H2;1-3H3;/q;-1;;/b9-7-;;;. The van der Waals surface area contributed by atoms with Crippen molar-refractivity contribution in [1.82, 2.24) is 0 Å². The molecular weight excluding hydrogens is 388 g/mol.